The van der Waals surface area contributed by atoms with Crippen LogP contribution in [-0.4, -0.2) is 44.9 Å². The van der Waals surface area contributed by atoms with E-state index < -0.39 is 35.8 Å². The topological polar surface area (TPSA) is 114 Å². The summed E-state index contributed by atoms with van der Waals surface area (Å²) in [6.07, 6.45) is -1.24. The molecular weight excluding hydrogens is 256 g/mol. The van der Waals surface area contributed by atoms with Gasteiger partial charge in [-0.2, -0.15) is 0 Å². The van der Waals surface area contributed by atoms with E-state index in [0.717, 1.165) is 0 Å². The van der Waals surface area contributed by atoms with Gasteiger partial charge in [-0.15, -0.1) is 0 Å². The first-order valence-electron chi connectivity index (χ1n) is 6.01. The van der Waals surface area contributed by atoms with Gasteiger partial charge in [-0.05, 0) is 0 Å². The van der Waals surface area contributed by atoms with Crippen molar-refractivity contribution in [3.8, 4) is 0 Å². The summed E-state index contributed by atoms with van der Waals surface area (Å²) in [6, 6.07) is 1.24. The number of aliphatic hydroxyl groups is 2. The molecule has 3 heterocycles. The SMILES string of the molecule is O=c1ccn(C2CC3OCC(O2)C3C(O)O)c(=O)[nH]1. The maximum Gasteiger partial charge on any atom is 0.330 e. The van der Waals surface area contributed by atoms with Crippen LogP contribution < -0.4 is 11.2 Å². The minimum Gasteiger partial charge on any atom is -0.375 e. The number of nitrogens with zero attached hydrogens (tertiary/aromatic N) is 1. The smallest absolute Gasteiger partial charge is 0.330 e. The largest absolute Gasteiger partial charge is 0.375 e. The number of ether oxygens (including phenoxy) is 2. The van der Waals surface area contributed by atoms with E-state index in [0.29, 0.717) is 6.42 Å². The molecule has 1 aromatic heterocycles. The predicted octanol–water partition coefficient (Wildman–Crippen LogP) is -1.85. The maximum atomic E-state index is 11.7. The molecule has 2 bridgehead atoms. The fourth-order valence-electron chi connectivity index (χ4n) is 2.71. The monoisotopic (exact) mass is 270 g/mol. The van der Waals surface area contributed by atoms with Gasteiger partial charge in [0.2, 0.25) is 0 Å². The van der Waals surface area contributed by atoms with Gasteiger partial charge in [0, 0.05) is 18.7 Å². The molecule has 4 atom stereocenters. The standard InChI is InChI=1S/C11H14N2O6/c14-7-1-2-13(11(17)12-7)8-3-5-9(10(15)16)6(19-8)4-18-5/h1-2,5-6,8-10,15-16H,3-4H2,(H,12,14,17). The van der Waals surface area contributed by atoms with Gasteiger partial charge in [-0.3, -0.25) is 14.3 Å². The van der Waals surface area contributed by atoms with Gasteiger partial charge in [0.25, 0.3) is 5.56 Å². The number of rotatable bonds is 2. The highest BCUT2D eigenvalue weighted by atomic mass is 16.6. The first-order valence-corrected chi connectivity index (χ1v) is 6.01. The van der Waals surface area contributed by atoms with Crippen LogP contribution in [0.5, 0.6) is 0 Å². The van der Waals surface area contributed by atoms with Crippen LogP contribution in [0.25, 0.3) is 0 Å². The van der Waals surface area contributed by atoms with Gasteiger partial charge in [0.1, 0.15) is 6.23 Å². The fourth-order valence-corrected chi connectivity index (χ4v) is 2.71. The Kier molecular flexibility index (Phi) is 3.02. The molecule has 0 saturated carbocycles. The molecule has 0 aliphatic carbocycles. The number of nitrogens with one attached hydrogen (secondary N) is 1. The van der Waals surface area contributed by atoms with E-state index in [1.54, 1.807) is 0 Å². The van der Waals surface area contributed by atoms with Gasteiger partial charge in [-0.1, -0.05) is 0 Å². The Morgan fingerprint density at radius 1 is 1.37 bits per heavy atom. The summed E-state index contributed by atoms with van der Waals surface area (Å²) in [5.74, 6) is -0.505. The molecule has 0 amide bonds. The van der Waals surface area contributed by atoms with Crippen molar-refractivity contribution in [3.05, 3.63) is 33.1 Å². The summed E-state index contributed by atoms with van der Waals surface area (Å²) < 4.78 is 12.4. The summed E-state index contributed by atoms with van der Waals surface area (Å²) >= 11 is 0. The average molecular weight is 270 g/mol. The Morgan fingerprint density at radius 3 is 2.79 bits per heavy atom. The summed E-state index contributed by atoms with van der Waals surface area (Å²) in [7, 11) is 0. The molecule has 2 fully saturated rings. The molecular formula is C11H14N2O6. The van der Waals surface area contributed by atoms with Gasteiger partial charge in [-0.25, -0.2) is 4.79 Å². The zero-order chi connectivity index (χ0) is 13.6. The van der Waals surface area contributed by atoms with Gasteiger partial charge in [0.15, 0.2) is 6.29 Å². The lowest BCUT2D eigenvalue weighted by molar-refractivity contribution is -0.182. The van der Waals surface area contributed by atoms with Crippen molar-refractivity contribution in [1.29, 1.82) is 0 Å². The lowest BCUT2D eigenvalue weighted by Crippen LogP contribution is -2.45. The molecule has 2 saturated heterocycles. The highest BCUT2D eigenvalue weighted by Gasteiger charge is 2.48. The van der Waals surface area contributed by atoms with Crippen LogP contribution in [0.4, 0.5) is 0 Å². The van der Waals surface area contributed by atoms with E-state index in [2.05, 4.69) is 4.98 Å². The van der Waals surface area contributed by atoms with E-state index in [1.165, 1.54) is 16.8 Å². The Labute approximate surface area is 107 Å². The van der Waals surface area contributed by atoms with Crippen molar-refractivity contribution in [2.24, 2.45) is 5.92 Å². The Hall–Kier alpha value is -1.48. The highest BCUT2D eigenvalue weighted by Crippen LogP contribution is 2.39. The molecule has 8 heteroatoms. The van der Waals surface area contributed by atoms with Gasteiger partial charge in [0.05, 0.1) is 24.7 Å². The summed E-state index contributed by atoms with van der Waals surface area (Å²) in [5.41, 5.74) is -1.03. The molecule has 3 rings (SSSR count). The van der Waals surface area contributed by atoms with Gasteiger partial charge < -0.3 is 19.7 Å². The number of aromatic amines is 1. The molecule has 0 aromatic carbocycles. The molecule has 8 nitrogen and oxygen atoms in total. The Bertz CT molecular complexity index is 565. The van der Waals surface area contributed by atoms with E-state index >= 15 is 0 Å². The number of hydrogen-bond acceptors (Lipinski definition) is 6. The molecule has 0 radical (unpaired) electrons. The third-order valence-electron chi connectivity index (χ3n) is 3.60. The molecule has 1 aromatic rings. The number of aromatic nitrogens is 2. The van der Waals surface area contributed by atoms with Crippen LogP contribution in [-0.2, 0) is 9.47 Å². The second-order valence-corrected chi connectivity index (χ2v) is 4.75. The summed E-state index contributed by atoms with van der Waals surface area (Å²) in [6.45, 7) is 0.265. The van der Waals surface area contributed by atoms with Crippen molar-refractivity contribution in [3.63, 3.8) is 0 Å². The van der Waals surface area contributed by atoms with E-state index in [4.69, 9.17) is 9.47 Å². The first-order chi connectivity index (χ1) is 9.06. The minimum atomic E-state index is -1.51. The molecule has 2 aliphatic heterocycles. The number of fused-ring (bicyclic) bond motifs is 2. The molecule has 19 heavy (non-hydrogen) atoms. The van der Waals surface area contributed by atoms with Gasteiger partial charge >= 0.3 is 5.69 Å². The third kappa shape index (κ3) is 2.12. The number of aliphatic hydroxyl groups excluding tert-OH is 1. The molecule has 3 N–H and O–H groups in total. The summed E-state index contributed by atoms with van der Waals surface area (Å²) in [4.78, 5) is 24.8. The van der Waals surface area contributed by atoms with Crippen molar-refractivity contribution in [2.45, 2.75) is 31.1 Å². The molecule has 104 valence electrons. The lowest BCUT2D eigenvalue weighted by Gasteiger charge is -2.34. The second kappa shape index (κ2) is 4.57. The van der Waals surface area contributed by atoms with Crippen LogP contribution in [0.3, 0.4) is 0 Å². The minimum absolute atomic E-state index is 0.265. The van der Waals surface area contributed by atoms with Crippen molar-refractivity contribution in [1.82, 2.24) is 9.55 Å². The first kappa shape index (κ1) is 12.5. The molecule has 4 unspecified atom stereocenters. The normalized spacial score (nSPS) is 33.8. The zero-order valence-electron chi connectivity index (χ0n) is 9.93. The molecule has 2 aliphatic rings. The van der Waals surface area contributed by atoms with E-state index in [1.807, 2.05) is 0 Å². The van der Waals surface area contributed by atoms with E-state index in [-0.39, 0.29) is 12.7 Å². The number of H-pyrrole nitrogens is 1. The lowest BCUT2D eigenvalue weighted by atomic mass is 9.92. The van der Waals surface area contributed by atoms with Crippen LogP contribution in [0, 0.1) is 5.92 Å². The van der Waals surface area contributed by atoms with Crippen molar-refractivity contribution >= 4 is 0 Å². The molecule has 0 spiro atoms. The Morgan fingerprint density at radius 2 is 2.16 bits per heavy atom. The average Bonchev–Trinajstić information content (AvgIpc) is 2.61. The zero-order valence-corrected chi connectivity index (χ0v) is 9.93. The van der Waals surface area contributed by atoms with Crippen LogP contribution in [0.2, 0.25) is 0 Å². The highest BCUT2D eigenvalue weighted by molar-refractivity contribution is 4.93. The van der Waals surface area contributed by atoms with Crippen LogP contribution >= 0.6 is 0 Å². The second-order valence-electron chi connectivity index (χ2n) is 4.75. The third-order valence-corrected chi connectivity index (χ3v) is 3.60. The van der Waals surface area contributed by atoms with Crippen LogP contribution in [0.1, 0.15) is 12.6 Å². The maximum absolute atomic E-state index is 11.7. The van der Waals surface area contributed by atoms with E-state index in [9.17, 15) is 19.8 Å². The van der Waals surface area contributed by atoms with Crippen LogP contribution in [0.15, 0.2) is 21.9 Å². The Balaban J connectivity index is 1.87. The quantitative estimate of drug-likeness (QED) is 0.544. The number of hydrogen-bond donors (Lipinski definition) is 3. The fraction of sp³-hybridized carbons (Fsp3) is 0.636. The van der Waals surface area contributed by atoms with Crippen molar-refractivity contribution in [2.75, 3.05) is 6.61 Å². The summed E-state index contributed by atoms with van der Waals surface area (Å²) in [5, 5.41) is 18.6. The predicted molar refractivity (Wildman–Crippen MR) is 61.3 cm³/mol. The van der Waals surface area contributed by atoms with Crippen molar-refractivity contribution < 1.29 is 19.7 Å².